The number of nitrogens with zero attached hydrogens (tertiary/aromatic N) is 1. The summed E-state index contributed by atoms with van der Waals surface area (Å²) in [4.78, 5) is 14.0. The molecule has 1 heterocycles. The Labute approximate surface area is 157 Å². The van der Waals surface area contributed by atoms with E-state index in [1.807, 2.05) is 18.2 Å². The predicted octanol–water partition coefficient (Wildman–Crippen LogP) is -0.543. The Hall–Kier alpha value is -1.18. The molecule has 0 aliphatic carbocycles. The summed E-state index contributed by atoms with van der Waals surface area (Å²) >= 11 is 0. The molecule has 0 aromatic heterocycles. The Morgan fingerprint density at radius 3 is 2.26 bits per heavy atom. The van der Waals surface area contributed by atoms with Crippen LogP contribution in [-0.2, 0) is 16.7 Å². The summed E-state index contributed by atoms with van der Waals surface area (Å²) in [5.74, 6) is -0.0761. The van der Waals surface area contributed by atoms with Crippen LogP contribution in [0.15, 0.2) is 48.5 Å². The van der Waals surface area contributed by atoms with E-state index < -0.39 is 15.4 Å². The maximum Gasteiger partial charge on any atom is 1.00 e. The summed E-state index contributed by atoms with van der Waals surface area (Å²) < 4.78 is 33.2. The molecular formula is C16H14NNaO4S. The molecular weight excluding hydrogens is 325 g/mol. The van der Waals surface area contributed by atoms with Gasteiger partial charge in [0.1, 0.15) is 10.1 Å². The summed E-state index contributed by atoms with van der Waals surface area (Å²) in [7, 11) is -4.37. The number of fused-ring (bicyclic) bond motifs is 1. The zero-order chi connectivity index (χ0) is 15.9. The molecule has 1 aliphatic heterocycles. The van der Waals surface area contributed by atoms with Gasteiger partial charge >= 0.3 is 29.6 Å². The number of carbonyl (C=O) groups is 1. The summed E-state index contributed by atoms with van der Waals surface area (Å²) in [5.41, 5.74) is 2.75. The van der Waals surface area contributed by atoms with Gasteiger partial charge in [-0.2, -0.15) is 0 Å². The van der Waals surface area contributed by atoms with Crippen LogP contribution < -0.4 is 34.5 Å². The topological polar surface area (TPSA) is 77.5 Å². The van der Waals surface area contributed by atoms with Gasteiger partial charge in [-0.3, -0.25) is 4.79 Å². The Morgan fingerprint density at radius 2 is 1.70 bits per heavy atom. The van der Waals surface area contributed by atoms with Gasteiger partial charge in [0.15, 0.2) is 0 Å². The second-order valence-electron chi connectivity index (χ2n) is 5.28. The first-order chi connectivity index (χ1) is 10.4. The van der Waals surface area contributed by atoms with Crippen LogP contribution >= 0.6 is 0 Å². The van der Waals surface area contributed by atoms with Gasteiger partial charge in [-0.15, -0.1) is 0 Å². The van der Waals surface area contributed by atoms with Gasteiger partial charge in [-0.05, 0) is 36.2 Å². The molecule has 7 heteroatoms. The van der Waals surface area contributed by atoms with E-state index >= 15 is 0 Å². The van der Waals surface area contributed by atoms with Crippen molar-refractivity contribution in [1.29, 1.82) is 0 Å². The summed E-state index contributed by atoms with van der Waals surface area (Å²) in [6, 6.07) is 13.9. The van der Waals surface area contributed by atoms with Crippen molar-refractivity contribution in [3.8, 4) is 0 Å². The molecule has 0 saturated carbocycles. The third-order valence-electron chi connectivity index (χ3n) is 3.93. The van der Waals surface area contributed by atoms with Crippen LogP contribution in [0.4, 0.5) is 5.69 Å². The molecule has 3 rings (SSSR count). The number of anilines is 1. The van der Waals surface area contributed by atoms with Crippen LogP contribution in [0.5, 0.6) is 0 Å². The van der Waals surface area contributed by atoms with Crippen molar-refractivity contribution in [3.63, 3.8) is 0 Å². The van der Waals surface area contributed by atoms with Crippen molar-refractivity contribution < 1.29 is 47.3 Å². The number of carbonyl (C=O) groups excluding carboxylic acids is 1. The third kappa shape index (κ3) is 3.51. The van der Waals surface area contributed by atoms with Crippen LogP contribution in [0.1, 0.15) is 33.7 Å². The molecule has 0 bridgehead atoms. The van der Waals surface area contributed by atoms with Crippen molar-refractivity contribution in [3.05, 3.63) is 65.2 Å². The molecule has 1 atom stereocenters. The van der Waals surface area contributed by atoms with Crippen LogP contribution in [0.3, 0.4) is 0 Å². The number of hydrogen-bond acceptors (Lipinski definition) is 4. The predicted molar refractivity (Wildman–Crippen MR) is 81.5 cm³/mol. The molecule has 1 aliphatic rings. The fourth-order valence-corrected chi connectivity index (χ4v) is 3.05. The van der Waals surface area contributed by atoms with E-state index in [1.165, 1.54) is 6.92 Å². The van der Waals surface area contributed by atoms with Crippen molar-refractivity contribution >= 4 is 21.7 Å². The fraction of sp³-hybridized carbons (Fsp3) is 0.188. The zero-order valence-corrected chi connectivity index (χ0v) is 15.7. The Bertz CT molecular complexity index is 833. The van der Waals surface area contributed by atoms with Crippen LogP contribution in [-0.4, -0.2) is 18.9 Å². The second kappa shape index (κ2) is 6.75. The van der Waals surface area contributed by atoms with Crippen molar-refractivity contribution in [2.45, 2.75) is 18.7 Å². The van der Waals surface area contributed by atoms with Crippen LogP contribution in [0, 0.1) is 0 Å². The van der Waals surface area contributed by atoms with Crippen LogP contribution in [0.2, 0.25) is 0 Å². The Morgan fingerprint density at radius 1 is 1.09 bits per heavy atom. The van der Waals surface area contributed by atoms with E-state index in [2.05, 4.69) is 0 Å². The molecule has 1 amide bonds. The largest absolute Gasteiger partial charge is 1.00 e. The van der Waals surface area contributed by atoms with Gasteiger partial charge in [0, 0.05) is 11.3 Å². The molecule has 0 spiro atoms. The van der Waals surface area contributed by atoms with Gasteiger partial charge in [-0.1, -0.05) is 30.3 Å². The Balaban J connectivity index is 0.00000192. The van der Waals surface area contributed by atoms with E-state index in [9.17, 15) is 17.8 Å². The second-order valence-corrected chi connectivity index (χ2v) is 6.97. The quantitative estimate of drug-likeness (QED) is 0.556. The summed E-state index contributed by atoms with van der Waals surface area (Å²) in [6.45, 7) is 1.85. The SMILES string of the molecule is CC(c1ccc(N2Cc3ccccc3C2=O)cc1)S(=O)(=O)[O-].[Na+]. The number of amides is 1. The van der Waals surface area contributed by atoms with Gasteiger partial charge < -0.3 is 9.45 Å². The molecule has 0 radical (unpaired) electrons. The van der Waals surface area contributed by atoms with E-state index in [4.69, 9.17) is 0 Å². The molecule has 1 unspecified atom stereocenters. The third-order valence-corrected chi connectivity index (χ3v) is 5.07. The monoisotopic (exact) mass is 339 g/mol. The molecule has 0 fully saturated rings. The minimum absolute atomic E-state index is 0. The molecule has 23 heavy (non-hydrogen) atoms. The average molecular weight is 339 g/mol. The first-order valence-corrected chi connectivity index (χ1v) is 8.29. The molecule has 5 nitrogen and oxygen atoms in total. The number of hydrogen-bond donors (Lipinski definition) is 0. The van der Waals surface area contributed by atoms with Gasteiger partial charge in [-0.25, -0.2) is 8.42 Å². The van der Waals surface area contributed by atoms with Gasteiger partial charge in [0.25, 0.3) is 5.91 Å². The maximum atomic E-state index is 12.4. The standard InChI is InChI=1S/C16H15NO4S.Na/c1-11(22(19,20)21)12-6-8-14(9-7-12)17-10-13-4-2-3-5-15(13)16(17)18;/h2-9,11H,10H2,1H3,(H,19,20,21);/q;+1/p-1. The molecule has 2 aromatic rings. The summed E-state index contributed by atoms with van der Waals surface area (Å²) in [6.07, 6.45) is 0. The van der Waals surface area contributed by atoms with Crippen molar-refractivity contribution in [2.24, 2.45) is 0 Å². The minimum Gasteiger partial charge on any atom is -0.747 e. The van der Waals surface area contributed by atoms with Gasteiger partial charge in [0.05, 0.1) is 11.8 Å². The normalized spacial score (nSPS) is 15.0. The van der Waals surface area contributed by atoms with Crippen molar-refractivity contribution in [2.75, 3.05) is 4.90 Å². The molecule has 0 N–H and O–H groups in total. The van der Waals surface area contributed by atoms with E-state index in [0.717, 1.165) is 5.56 Å². The Kier molecular flexibility index (Phi) is 5.33. The first kappa shape index (κ1) is 18.2. The number of rotatable bonds is 3. The smallest absolute Gasteiger partial charge is 0.747 e. The maximum absolute atomic E-state index is 12.4. The van der Waals surface area contributed by atoms with Gasteiger partial charge in [0.2, 0.25) is 0 Å². The average Bonchev–Trinajstić information content (AvgIpc) is 2.83. The molecule has 114 valence electrons. The fourth-order valence-electron chi connectivity index (χ4n) is 2.55. The number of benzene rings is 2. The van der Waals surface area contributed by atoms with E-state index in [1.54, 1.807) is 35.2 Å². The van der Waals surface area contributed by atoms with Crippen molar-refractivity contribution in [1.82, 2.24) is 0 Å². The zero-order valence-electron chi connectivity index (χ0n) is 12.9. The first-order valence-electron chi connectivity index (χ1n) is 6.82. The molecule has 0 saturated heterocycles. The van der Waals surface area contributed by atoms with Crippen LogP contribution in [0.25, 0.3) is 0 Å². The van der Waals surface area contributed by atoms with E-state index in [0.29, 0.717) is 23.4 Å². The van der Waals surface area contributed by atoms with E-state index in [-0.39, 0.29) is 35.5 Å². The summed E-state index contributed by atoms with van der Waals surface area (Å²) in [5, 5.41) is -1.10. The minimum atomic E-state index is -4.37. The molecule has 2 aromatic carbocycles.